The Morgan fingerprint density at radius 2 is 1.83 bits per heavy atom. The van der Waals surface area contributed by atoms with E-state index in [1.807, 2.05) is 0 Å². The van der Waals surface area contributed by atoms with Gasteiger partial charge >= 0.3 is 0 Å². The van der Waals surface area contributed by atoms with Gasteiger partial charge in [-0.15, -0.1) is 0 Å². The second-order valence-electron chi connectivity index (χ2n) is 5.96. The van der Waals surface area contributed by atoms with Crippen molar-refractivity contribution in [3.8, 4) is 0 Å². The Hall–Kier alpha value is -0.340. The second kappa shape index (κ2) is 5.75. The molecule has 3 rings (SSSR count). The third kappa shape index (κ3) is 3.36. The minimum absolute atomic E-state index is 0.845. The van der Waals surface area contributed by atoms with Gasteiger partial charge in [0.05, 0.1) is 0 Å². The average molecular weight is 308 g/mol. The largest absolute Gasteiger partial charge is 0.314 e. The minimum atomic E-state index is 0.845. The van der Waals surface area contributed by atoms with Gasteiger partial charge in [0, 0.05) is 10.5 Å². The maximum absolute atomic E-state index is 3.73. The minimum Gasteiger partial charge on any atom is -0.314 e. The first-order chi connectivity index (χ1) is 8.81. The van der Waals surface area contributed by atoms with Gasteiger partial charge < -0.3 is 5.32 Å². The zero-order valence-corrected chi connectivity index (χ0v) is 12.5. The van der Waals surface area contributed by atoms with Gasteiger partial charge in [0.1, 0.15) is 0 Å². The maximum atomic E-state index is 3.73. The zero-order chi connectivity index (χ0) is 12.4. The quantitative estimate of drug-likeness (QED) is 0.832. The lowest BCUT2D eigenvalue weighted by Crippen LogP contribution is -2.34. The van der Waals surface area contributed by atoms with E-state index in [1.165, 1.54) is 55.1 Å². The fourth-order valence-corrected chi connectivity index (χ4v) is 3.11. The van der Waals surface area contributed by atoms with Gasteiger partial charge in [-0.1, -0.05) is 47.3 Å². The van der Waals surface area contributed by atoms with Crippen molar-refractivity contribution in [2.45, 2.75) is 44.6 Å². The third-order valence-electron chi connectivity index (χ3n) is 4.47. The average Bonchev–Trinajstić information content (AvgIpc) is 3.10. The molecule has 1 N–H and O–H groups in total. The Bertz CT molecular complexity index is 379. The van der Waals surface area contributed by atoms with Crippen LogP contribution in [-0.2, 0) is 6.42 Å². The number of halogens is 1. The molecule has 1 nitrogen and oxygen atoms in total. The molecule has 0 amide bonds. The van der Waals surface area contributed by atoms with Gasteiger partial charge in [-0.2, -0.15) is 0 Å². The smallest absolute Gasteiger partial charge is 0.0175 e. The van der Waals surface area contributed by atoms with E-state index in [4.69, 9.17) is 0 Å². The van der Waals surface area contributed by atoms with Crippen LogP contribution in [0.25, 0.3) is 0 Å². The topological polar surface area (TPSA) is 12.0 Å². The summed E-state index contributed by atoms with van der Waals surface area (Å²) in [6.07, 6.45) is 8.40. The standard InChI is InChI=1S/C16H22BrN/c17-15-6-4-12(5-7-15)10-14(13-2-1-3-13)11-18-16-8-9-16/h4-7,13-14,16,18H,1-3,8-11H2. The zero-order valence-electron chi connectivity index (χ0n) is 10.9. The molecule has 18 heavy (non-hydrogen) atoms. The molecular weight excluding hydrogens is 286 g/mol. The predicted molar refractivity (Wildman–Crippen MR) is 79.7 cm³/mol. The van der Waals surface area contributed by atoms with Gasteiger partial charge in [0.15, 0.2) is 0 Å². The van der Waals surface area contributed by atoms with E-state index in [0.29, 0.717) is 0 Å². The molecule has 2 fully saturated rings. The van der Waals surface area contributed by atoms with Crippen molar-refractivity contribution in [2.24, 2.45) is 11.8 Å². The predicted octanol–water partition coefficient (Wildman–Crippen LogP) is 4.16. The van der Waals surface area contributed by atoms with Crippen molar-refractivity contribution in [1.29, 1.82) is 0 Å². The fraction of sp³-hybridized carbons (Fsp3) is 0.625. The van der Waals surface area contributed by atoms with E-state index in [0.717, 1.165) is 17.9 Å². The summed E-state index contributed by atoms with van der Waals surface area (Å²) >= 11 is 3.51. The van der Waals surface area contributed by atoms with Crippen molar-refractivity contribution >= 4 is 15.9 Å². The lowest BCUT2D eigenvalue weighted by molar-refractivity contribution is 0.199. The van der Waals surface area contributed by atoms with E-state index in [-0.39, 0.29) is 0 Å². The molecule has 0 bridgehead atoms. The summed E-state index contributed by atoms with van der Waals surface area (Å²) in [5.74, 6) is 1.82. The lowest BCUT2D eigenvalue weighted by atomic mass is 9.73. The first-order valence-corrected chi connectivity index (χ1v) is 8.08. The van der Waals surface area contributed by atoms with Crippen LogP contribution in [0.5, 0.6) is 0 Å². The van der Waals surface area contributed by atoms with Crippen LogP contribution in [0.1, 0.15) is 37.7 Å². The Morgan fingerprint density at radius 3 is 2.39 bits per heavy atom. The molecule has 1 aromatic rings. The van der Waals surface area contributed by atoms with Crippen molar-refractivity contribution in [2.75, 3.05) is 6.54 Å². The SMILES string of the molecule is Brc1ccc(CC(CNC2CC2)C2CCC2)cc1. The maximum Gasteiger partial charge on any atom is 0.0175 e. The van der Waals surface area contributed by atoms with Gasteiger partial charge in [0.2, 0.25) is 0 Å². The van der Waals surface area contributed by atoms with E-state index >= 15 is 0 Å². The van der Waals surface area contributed by atoms with Crippen LogP contribution >= 0.6 is 15.9 Å². The molecule has 1 aromatic carbocycles. The number of rotatable bonds is 6. The third-order valence-corrected chi connectivity index (χ3v) is 5.00. The summed E-state index contributed by atoms with van der Waals surface area (Å²) in [6.45, 7) is 1.23. The molecule has 1 atom stereocenters. The number of hydrogen-bond donors (Lipinski definition) is 1. The molecular formula is C16H22BrN. The highest BCUT2D eigenvalue weighted by atomic mass is 79.9. The number of benzene rings is 1. The summed E-state index contributed by atoms with van der Waals surface area (Å²) in [7, 11) is 0. The molecule has 2 aliphatic carbocycles. The van der Waals surface area contributed by atoms with E-state index in [9.17, 15) is 0 Å². The Balaban J connectivity index is 1.58. The molecule has 2 saturated carbocycles. The van der Waals surface area contributed by atoms with Crippen LogP contribution in [0.3, 0.4) is 0 Å². The molecule has 0 spiro atoms. The number of hydrogen-bond acceptors (Lipinski definition) is 1. The van der Waals surface area contributed by atoms with E-state index in [2.05, 4.69) is 45.5 Å². The van der Waals surface area contributed by atoms with Crippen LogP contribution in [0.4, 0.5) is 0 Å². The van der Waals surface area contributed by atoms with Crippen LogP contribution in [0.2, 0.25) is 0 Å². The molecule has 0 aliphatic heterocycles. The van der Waals surface area contributed by atoms with Gasteiger partial charge in [0.25, 0.3) is 0 Å². The van der Waals surface area contributed by atoms with Crippen LogP contribution < -0.4 is 5.32 Å². The fourth-order valence-electron chi connectivity index (χ4n) is 2.85. The van der Waals surface area contributed by atoms with Crippen molar-refractivity contribution in [1.82, 2.24) is 5.32 Å². The van der Waals surface area contributed by atoms with E-state index in [1.54, 1.807) is 0 Å². The van der Waals surface area contributed by atoms with Crippen LogP contribution in [0, 0.1) is 11.8 Å². The molecule has 0 radical (unpaired) electrons. The molecule has 98 valence electrons. The van der Waals surface area contributed by atoms with Crippen molar-refractivity contribution < 1.29 is 0 Å². The number of nitrogens with one attached hydrogen (secondary N) is 1. The summed E-state index contributed by atoms with van der Waals surface area (Å²) in [5.41, 5.74) is 1.49. The van der Waals surface area contributed by atoms with Crippen molar-refractivity contribution in [3.63, 3.8) is 0 Å². The molecule has 2 aliphatic rings. The normalized spacial score (nSPS) is 21.6. The lowest BCUT2D eigenvalue weighted by Gasteiger charge is -2.34. The van der Waals surface area contributed by atoms with E-state index < -0.39 is 0 Å². The monoisotopic (exact) mass is 307 g/mol. The molecule has 2 heteroatoms. The Kier molecular flexibility index (Phi) is 4.05. The summed E-state index contributed by atoms with van der Waals surface area (Å²) < 4.78 is 1.18. The highest BCUT2D eigenvalue weighted by Gasteiger charge is 2.29. The Labute approximate surface area is 118 Å². The molecule has 0 saturated heterocycles. The molecule has 0 heterocycles. The summed E-state index contributed by atoms with van der Waals surface area (Å²) in [6, 6.07) is 9.72. The van der Waals surface area contributed by atoms with Crippen LogP contribution in [0.15, 0.2) is 28.7 Å². The first-order valence-electron chi connectivity index (χ1n) is 7.29. The summed E-state index contributed by atoms with van der Waals surface area (Å²) in [4.78, 5) is 0. The van der Waals surface area contributed by atoms with Gasteiger partial charge in [-0.05, 0) is 55.3 Å². The highest BCUT2D eigenvalue weighted by Crippen LogP contribution is 2.35. The molecule has 1 unspecified atom stereocenters. The Morgan fingerprint density at radius 1 is 1.11 bits per heavy atom. The highest BCUT2D eigenvalue weighted by molar-refractivity contribution is 9.10. The van der Waals surface area contributed by atoms with Crippen LogP contribution in [-0.4, -0.2) is 12.6 Å². The van der Waals surface area contributed by atoms with Crippen molar-refractivity contribution in [3.05, 3.63) is 34.3 Å². The summed E-state index contributed by atoms with van der Waals surface area (Å²) in [5, 5.41) is 3.73. The van der Waals surface area contributed by atoms with Gasteiger partial charge in [-0.25, -0.2) is 0 Å². The second-order valence-corrected chi connectivity index (χ2v) is 6.88. The molecule has 0 aromatic heterocycles. The first kappa shape index (κ1) is 12.7. The van der Waals surface area contributed by atoms with Gasteiger partial charge in [-0.3, -0.25) is 0 Å².